The lowest BCUT2D eigenvalue weighted by Crippen LogP contribution is -2.30. The lowest BCUT2D eigenvalue weighted by atomic mass is 10.2. The van der Waals surface area contributed by atoms with Crippen molar-refractivity contribution in [1.29, 1.82) is 0 Å². The number of benzene rings is 1. The van der Waals surface area contributed by atoms with Crippen LogP contribution in [0.5, 0.6) is 5.75 Å². The Kier molecular flexibility index (Phi) is 3.22. The second-order valence-corrected chi connectivity index (χ2v) is 5.43. The molecule has 0 aliphatic heterocycles. The quantitative estimate of drug-likeness (QED) is 0.744. The summed E-state index contributed by atoms with van der Waals surface area (Å²) >= 11 is 1.06. The van der Waals surface area contributed by atoms with Crippen molar-refractivity contribution in [3.05, 3.63) is 50.7 Å². The van der Waals surface area contributed by atoms with Gasteiger partial charge in [-0.25, -0.2) is 9.78 Å². The molecule has 7 nitrogen and oxygen atoms in total. The summed E-state index contributed by atoms with van der Waals surface area (Å²) in [6.07, 6.45) is 0. The van der Waals surface area contributed by atoms with E-state index >= 15 is 0 Å². The van der Waals surface area contributed by atoms with Crippen molar-refractivity contribution in [3.8, 4) is 5.75 Å². The summed E-state index contributed by atoms with van der Waals surface area (Å²) in [7, 11) is 1.59. The molecule has 108 valence electrons. The molecule has 2 aromatic heterocycles. The highest BCUT2D eigenvalue weighted by molar-refractivity contribution is 7.21. The molecular formula is C13H12N4O3S. The molecule has 0 saturated carbocycles. The lowest BCUT2D eigenvalue weighted by Gasteiger charge is -2.07. The molecule has 0 bridgehead atoms. The Balaban J connectivity index is 2.11. The van der Waals surface area contributed by atoms with Gasteiger partial charge in [-0.3, -0.25) is 14.3 Å². The third kappa shape index (κ3) is 2.40. The fourth-order valence-electron chi connectivity index (χ4n) is 2.04. The Hall–Kier alpha value is -2.61. The predicted molar refractivity (Wildman–Crippen MR) is 81.0 cm³/mol. The van der Waals surface area contributed by atoms with Crippen LogP contribution in [0.4, 0.5) is 5.13 Å². The van der Waals surface area contributed by atoms with Gasteiger partial charge in [0.25, 0.3) is 5.56 Å². The normalized spacial score (nSPS) is 10.9. The monoisotopic (exact) mass is 304 g/mol. The average Bonchev–Trinajstić information content (AvgIpc) is 2.86. The Bertz CT molecular complexity index is 908. The summed E-state index contributed by atoms with van der Waals surface area (Å²) in [4.78, 5) is 30.1. The Labute approximate surface area is 122 Å². The van der Waals surface area contributed by atoms with Gasteiger partial charge in [0.05, 0.1) is 13.7 Å². The van der Waals surface area contributed by atoms with E-state index in [0.717, 1.165) is 22.6 Å². The second-order valence-electron chi connectivity index (χ2n) is 4.40. The fourth-order valence-corrected chi connectivity index (χ4v) is 2.77. The molecule has 3 N–H and O–H groups in total. The summed E-state index contributed by atoms with van der Waals surface area (Å²) in [5.41, 5.74) is 5.86. The minimum atomic E-state index is -0.506. The average molecular weight is 304 g/mol. The SMILES string of the molecule is COc1ccc(Cn2c(=O)[nH]c(=O)c3sc(N)nc32)cc1. The standard InChI is InChI=1S/C13H12N4O3S/c1-20-8-4-2-7(3-5-8)6-17-10-9(21-12(14)15-10)11(18)16-13(17)19/h2-5H,6H2,1H3,(H2,14,15)(H,16,18,19). The molecule has 0 aliphatic rings. The maximum absolute atomic E-state index is 12.0. The minimum Gasteiger partial charge on any atom is -0.497 e. The van der Waals surface area contributed by atoms with E-state index in [4.69, 9.17) is 10.5 Å². The zero-order valence-electron chi connectivity index (χ0n) is 11.1. The molecule has 8 heteroatoms. The zero-order chi connectivity index (χ0) is 15.0. The third-order valence-corrected chi connectivity index (χ3v) is 3.93. The molecule has 21 heavy (non-hydrogen) atoms. The van der Waals surface area contributed by atoms with Crippen molar-refractivity contribution in [2.45, 2.75) is 6.54 Å². The van der Waals surface area contributed by atoms with Crippen LogP contribution in [-0.4, -0.2) is 21.6 Å². The lowest BCUT2D eigenvalue weighted by molar-refractivity contribution is 0.414. The molecule has 0 fully saturated rings. The van der Waals surface area contributed by atoms with Gasteiger partial charge in [-0.05, 0) is 17.7 Å². The molecule has 2 heterocycles. The number of nitrogens with two attached hydrogens (primary N) is 1. The van der Waals surface area contributed by atoms with Crippen molar-refractivity contribution in [2.75, 3.05) is 12.8 Å². The van der Waals surface area contributed by atoms with E-state index in [9.17, 15) is 9.59 Å². The van der Waals surface area contributed by atoms with Crippen LogP contribution in [0, 0.1) is 0 Å². The number of rotatable bonds is 3. The Morgan fingerprint density at radius 1 is 1.33 bits per heavy atom. The summed E-state index contributed by atoms with van der Waals surface area (Å²) < 4.78 is 6.83. The Morgan fingerprint density at radius 3 is 2.71 bits per heavy atom. The van der Waals surface area contributed by atoms with E-state index in [1.807, 2.05) is 12.1 Å². The van der Waals surface area contributed by atoms with E-state index in [0.29, 0.717) is 16.9 Å². The Morgan fingerprint density at radius 2 is 2.05 bits per heavy atom. The molecule has 0 saturated heterocycles. The van der Waals surface area contributed by atoms with Crippen molar-refractivity contribution in [3.63, 3.8) is 0 Å². The molecule has 0 atom stereocenters. The first-order valence-corrected chi connectivity index (χ1v) is 6.92. The molecule has 0 amide bonds. The highest BCUT2D eigenvalue weighted by Crippen LogP contribution is 2.19. The number of nitrogens with zero attached hydrogens (tertiary/aromatic N) is 2. The van der Waals surface area contributed by atoms with Crippen LogP contribution < -0.4 is 21.7 Å². The first kappa shape index (κ1) is 13.4. The molecule has 3 rings (SSSR count). The maximum atomic E-state index is 12.0. The second kappa shape index (κ2) is 5.06. The van der Waals surface area contributed by atoms with Crippen LogP contribution >= 0.6 is 11.3 Å². The molecule has 0 unspecified atom stereocenters. The molecule has 0 radical (unpaired) electrons. The van der Waals surface area contributed by atoms with Gasteiger partial charge in [-0.1, -0.05) is 23.5 Å². The highest BCUT2D eigenvalue weighted by Gasteiger charge is 2.12. The van der Waals surface area contributed by atoms with Crippen LogP contribution in [-0.2, 0) is 6.54 Å². The van der Waals surface area contributed by atoms with Gasteiger partial charge < -0.3 is 10.5 Å². The van der Waals surface area contributed by atoms with Gasteiger partial charge in [-0.15, -0.1) is 0 Å². The summed E-state index contributed by atoms with van der Waals surface area (Å²) in [6.45, 7) is 0.291. The summed E-state index contributed by atoms with van der Waals surface area (Å²) in [5, 5.41) is 0.254. The molecule has 0 aliphatic carbocycles. The number of thiazole rings is 1. The first-order chi connectivity index (χ1) is 10.1. The first-order valence-electron chi connectivity index (χ1n) is 6.10. The number of H-pyrrole nitrogens is 1. The summed E-state index contributed by atoms with van der Waals surface area (Å²) in [6, 6.07) is 7.30. The number of nitrogens with one attached hydrogen (secondary N) is 1. The topological polar surface area (TPSA) is 103 Å². The van der Waals surface area contributed by atoms with E-state index < -0.39 is 11.2 Å². The zero-order valence-corrected chi connectivity index (χ0v) is 11.9. The van der Waals surface area contributed by atoms with Gasteiger partial charge in [0.2, 0.25) is 0 Å². The van der Waals surface area contributed by atoms with Crippen molar-refractivity contribution in [1.82, 2.24) is 14.5 Å². The van der Waals surface area contributed by atoms with Crippen LogP contribution in [0.3, 0.4) is 0 Å². The number of aromatic nitrogens is 3. The van der Waals surface area contributed by atoms with Crippen LogP contribution in [0.25, 0.3) is 10.3 Å². The fraction of sp³-hybridized carbons (Fsp3) is 0.154. The maximum Gasteiger partial charge on any atom is 0.330 e. The molecule has 3 aromatic rings. The van der Waals surface area contributed by atoms with Crippen molar-refractivity contribution >= 4 is 26.8 Å². The van der Waals surface area contributed by atoms with Crippen LogP contribution in [0.15, 0.2) is 33.9 Å². The van der Waals surface area contributed by atoms with E-state index in [2.05, 4.69) is 9.97 Å². The number of hydrogen-bond acceptors (Lipinski definition) is 6. The van der Waals surface area contributed by atoms with Crippen molar-refractivity contribution in [2.24, 2.45) is 0 Å². The van der Waals surface area contributed by atoms with Gasteiger partial charge in [0.1, 0.15) is 10.4 Å². The number of hydrogen-bond donors (Lipinski definition) is 2. The third-order valence-electron chi connectivity index (χ3n) is 3.05. The minimum absolute atomic E-state index is 0.254. The number of fused-ring (bicyclic) bond motifs is 1. The van der Waals surface area contributed by atoms with Crippen LogP contribution in [0.2, 0.25) is 0 Å². The van der Waals surface area contributed by atoms with E-state index in [-0.39, 0.29) is 5.13 Å². The van der Waals surface area contributed by atoms with Gasteiger partial charge in [-0.2, -0.15) is 0 Å². The molecular weight excluding hydrogens is 292 g/mol. The predicted octanol–water partition coefficient (Wildman–Crippen LogP) is 0.785. The van der Waals surface area contributed by atoms with E-state index in [1.165, 1.54) is 4.57 Å². The molecule has 0 spiro atoms. The largest absolute Gasteiger partial charge is 0.497 e. The number of anilines is 1. The summed E-state index contributed by atoms with van der Waals surface area (Å²) in [5.74, 6) is 0.732. The van der Waals surface area contributed by atoms with Gasteiger partial charge in [0, 0.05) is 0 Å². The number of methoxy groups -OCH3 is 1. The van der Waals surface area contributed by atoms with Gasteiger partial charge in [0.15, 0.2) is 10.8 Å². The van der Waals surface area contributed by atoms with E-state index in [1.54, 1.807) is 19.2 Å². The highest BCUT2D eigenvalue weighted by atomic mass is 32.1. The van der Waals surface area contributed by atoms with Gasteiger partial charge >= 0.3 is 5.69 Å². The number of ether oxygens (including phenoxy) is 1. The van der Waals surface area contributed by atoms with Crippen LogP contribution in [0.1, 0.15) is 5.56 Å². The molecule has 1 aromatic carbocycles. The number of nitrogen functional groups attached to an aromatic ring is 1. The smallest absolute Gasteiger partial charge is 0.330 e. The number of aromatic amines is 1. The van der Waals surface area contributed by atoms with Crippen molar-refractivity contribution < 1.29 is 4.74 Å².